The van der Waals surface area contributed by atoms with Crippen molar-refractivity contribution < 1.29 is 9.32 Å². The fourth-order valence-corrected chi connectivity index (χ4v) is 2.68. The van der Waals surface area contributed by atoms with Gasteiger partial charge in [-0.05, 0) is 38.1 Å². The molecule has 2 aromatic heterocycles. The first-order valence-corrected chi connectivity index (χ1v) is 7.43. The number of nitrogens with one attached hydrogen (secondary N) is 1. The Morgan fingerprint density at radius 3 is 2.95 bits per heavy atom. The number of piperidine rings is 1. The molecule has 0 saturated carbocycles. The Morgan fingerprint density at radius 1 is 1.45 bits per heavy atom. The summed E-state index contributed by atoms with van der Waals surface area (Å²) in [6.45, 7) is 2.35. The third kappa shape index (κ3) is 3.30. The van der Waals surface area contributed by atoms with Gasteiger partial charge in [-0.15, -0.1) is 0 Å². The molecule has 0 bridgehead atoms. The smallest absolute Gasteiger partial charge is 0.241 e. The minimum absolute atomic E-state index is 0.120. The van der Waals surface area contributed by atoms with Crippen LogP contribution in [0.25, 0.3) is 11.4 Å². The van der Waals surface area contributed by atoms with Crippen molar-refractivity contribution >= 4 is 5.91 Å². The van der Waals surface area contributed by atoms with Crippen LogP contribution >= 0.6 is 0 Å². The number of carbonyl (C=O) groups is 1. The van der Waals surface area contributed by atoms with Gasteiger partial charge >= 0.3 is 0 Å². The lowest BCUT2D eigenvalue weighted by atomic mass is 9.96. The molecule has 7 heteroatoms. The molecule has 1 saturated heterocycles. The van der Waals surface area contributed by atoms with Gasteiger partial charge in [0.05, 0.1) is 6.54 Å². The average molecular weight is 301 g/mol. The molecule has 0 radical (unpaired) electrons. The molecule has 1 aliphatic heterocycles. The summed E-state index contributed by atoms with van der Waals surface area (Å²) in [6, 6.07) is 3.74. The van der Waals surface area contributed by atoms with Crippen LogP contribution in [-0.2, 0) is 11.3 Å². The van der Waals surface area contributed by atoms with Gasteiger partial charge in [0, 0.05) is 30.9 Å². The molecule has 0 atom stereocenters. The van der Waals surface area contributed by atoms with E-state index in [1.54, 1.807) is 19.4 Å². The zero-order valence-corrected chi connectivity index (χ0v) is 12.5. The second kappa shape index (κ2) is 6.65. The third-order valence-electron chi connectivity index (χ3n) is 3.95. The fraction of sp³-hybridized carbons (Fsp3) is 0.467. The van der Waals surface area contributed by atoms with Gasteiger partial charge in [0.15, 0.2) is 0 Å². The number of rotatable bonds is 4. The summed E-state index contributed by atoms with van der Waals surface area (Å²) in [7, 11) is 1.69. The highest BCUT2D eigenvalue weighted by Gasteiger charge is 2.25. The zero-order chi connectivity index (χ0) is 15.4. The van der Waals surface area contributed by atoms with E-state index in [4.69, 9.17) is 4.52 Å². The molecule has 3 heterocycles. The standard InChI is InChI=1S/C15H19N5O2/c1-16-15(21)11-4-7-20(8-5-11)10-13-18-14(19-22-13)12-3-2-6-17-9-12/h2-3,6,9,11H,4-5,7-8,10H2,1H3,(H,16,21). The molecule has 3 rings (SSSR count). The maximum atomic E-state index is 11.6. The first-order valence-electron chi connectivity index (χ1n) is 7.43. The summed E-state index contributed by atoms with van der Waals surface area (Å²) >= 11 is 0. The zero-order valence-electron chi connectivity index (χ0n) is 12.5. The van der Waals surface area contributed by atoms with E-state index in [2.05, 4.69) is 25.3 Å². The molecule has 0 aliphatic carbocycles. The summed E-state index contributed by atoms with van der Waals surface area (Å²) < 4.78 is 5.31. The van der Waals surface area contributed by atoms with E-state index in [9.17, 15) is 4.79 Å². The molecule has 116 valence electrons. The Balaban J connectivity index is 1.57. The SMILES string of the molecule is CNC(=O)C1CCN(Cc2nc(-c3cccnc3)no2)CC1. The number of hydrogen-bond donors (Lipinski definition) is 1. The van der Waals surface area contributed by atoms with E-state index in [1.807, 2.05) is 12.1 Å². The quantitative estimate of drug-likeness (QED) is 0.910. The second-order valence-corrected chi connectivity index (χ2v) is 5.42. The van der Waals surface area contributed by atoms with Crippen LogP contribution < -0.4 is 5.32 Å². The predicted octanol–water partition coefficient (Wildman–Crippen LogP) is 1.09. The van der Waals surface area contributed by atoms with Gasteiger partial charge in [-0.25, -0.2) is 0 Å². The van der Waals surface area contributed by atoms with Crippen LogP contribution in [0.1, 0.15) is 18.7 Å². The van der Waals surface area contributed by atoms with Gasteiger partial charge in [-0.3, -0.25) is 14.7 Å². The number of carbonyl (C=O) groups excluding carboxylic acids is 1. The maximum Gasteiger partial charge on any atom is 0.241 e. The summed E-state index contributed by atoms with van der Waals surface area (Å²) in [6.07, 6.45) is 5.15. The fourth-order valence-electron chi connectivity index (χ4n) is 2.68. The molecule has 1 N–H and O–H groups in total. The van der Waals surface area contributed by atoms with Crippen molar-refractivity contribution in [3.63, 3.8) is 0 Å². The van der Waals surface area contributed by atoms with Crippen LogP contribution in [0.2, 0.25) is 0 Å². The van der Waals surface area contributed by atoms with E-state index in [1.165, 1.54) is 0 Å². The molecule has 1 amide bonds. The highest BCUT2D eigenvalue weighted by molar-refractivity contribution is 5.78. The van der Waals surface area contributed by atoms with Crippen molar-refractivity contribution in [3.05, 3.63) is 30.4 Å². The van der Waals surface area contributed by atoms with Gasteiger partial charge in [0.2, 0.25) is 17.6 Å². The van der Waals surface area contributed by atoms with Gasteiger partial charge in [0.1, 0.15) is 0 Å². The van der Waals surface area contributed by atoms with E-state index < -0.39 is 0 Å². The molecule has 7 nitrogen and oxygen atoms in total. The van der Waals surface area contributed by atoms with Crippen molar-refractivity contribution in [2.75, 3.05) is 20.1 Å². The van der Waals surface area contributed by atoms with Crippen LogP contribution in [-0.4, -0.2) is 46.1 Å². The topological polar surface area (TPSA) is 84.2 Å². The minimum atomic E-state index is 0.120. The van der Waals surface area contributed by atoms with E-state index in [-0.39, 0.29) is 11.8 Å². The molecular weight excluding hydrogens is 282 g/mol. The molecular formula is C15H19N5O2. The third-order valence-corrected chi connectivity index (χ3v) is 3.95. The van der Waals surface area contributed by atoms with Crippen LogP contribution in [0.4, 0.5) is 0 Å². The summed E-state index contributed by atoms with van der Waals surface area (Å²) in [5.74, 6) is 1.41. The maximum absolute atomic E-state index is 11.6. The number of nitrogens with zero attached hydrogens (tertiary/aromatic N) is 4. The molecule has 0 spiro atoms. The minimum Gasteiger partial charge on any atom is -0.359 e. The highest BCUT2D eigenvalue weighted by Crippen LogP contribution is 2.20. The molecule has 2 aromatic rings. The molecule has 1 aliphatic rings. The van der Waals surface area contributed by atoms with Gasteiger partial charge < -0.3 is 9.84 Å². The second-order valence-electron chi connectivity index (χ2n) is 5.42. The first-order chi connectivity index (χ1) is 10.8. The Bertz CT molecular complexity index is 620. The molecule has 0 aromatic carbocycles. The Morgan fingerprint density at radius 2 is 2.27 bits per heavy atom. The van der Waals surface area contributed by atoms with Gasteiger partial charge in [0.25, 0.3) is 0 Å². The lowest BCUT2D eigenvalue weighted by Crippen LogP contribution is -2.39. The largest absolute Gasteiger partial charge is 0.359 e. The van der Waals surface area contributed by atoms with E-state index in [0.717, 1.165) is 31.5 Å². The monoisotopic (exact) mass is 301 g/mol. The lowest BCUT2D eigenvalue weighted by Gasteiger charge is -2.29. The molecule has 1 fully saturated rings. The van der Waals surface area contributed by atoms with Gasteiger partial charge in [-0.1, -0.05) is 5.16 Å². The Labute approximate surface area is 128 Å². The Kier molecular flexibility index (Phi) is 4.43. The first kappa shape index (κ1) is 14.6. The van der Waals surface area contributed by atoms with Crippen molar-refractivity contribution in [3.8, 4) is 11.4 Å². The van der Waals surface area contributed by atoms with Gasteiger partial charge in [-0.2, -0.15) is 4.98 Å². The summed E-state index contributed by atoms with van der Waals surface area (Å²) in [4.78, 5) is 22.3. The van der Waals surface area contributed by atoms with Crippen LogP contribution in [0.15, 0.2) is 29.0 Å². The lowest BCUT2D eigenvalue weighted by molar-refractivity contribution is -0.125. The van der Waals surface area contributed by atoms with Crippen molar-refractivity contribution in [1.82, 2.24) is 25.3 Å². The van der Waals surface area contributed by atoms with E-state index in [0.29, 0.717) is 18.3 Å². The number of likely N-dealkylation sites (tertiary alicyclic amines) is 1. The summed E-state index contributed by atoms with van der Waals surface area (Å²) in [5, 5.41) is 6.71. The number of pyridine rings is 1. The predicted molar refractivity (Wildman–Crippen MR) is 79.6 cm³/mol. The average Bonchev–Trinajstić information content (AvgIpc) is 3.04. The van der Waals surface area contributed by atoms with E-state index >= 15 is 0 Å². The highest BCUT2D eigenvalue weighted by atomic mass is 16.5. The normalized spacial score (nSPS) is 16.6. The van der Waals surface area contributed by atoms with Crippen molar-refractivity contribution in [2.24, 2.45) is 5.92 Å². The number of amides is 1. The van der Waals surface area contributed by atoms with Crippen LogP contribution in [0.5, 0.6) is 0 Å². The molecule has 22 heavy (non-hydrogen) atoms. The van der Waals surface area contributed by atoms with Crippen LogP contribution in [0, 0.1) is 5.92 Å². The number of hydrogen-bond acceptors (Lipinski definition) is 6. The number of aromatic nitrogens is 3. The van der Waals surface area contributed by atoms with Crippen molar-refractivity contribution in [1.29, 1.82) is 0 Å². The summed E-state index contributed by atoms with van der Waals surface area (Å²) in [5.41, 5.74) is 0.843. The molecule has 0 unspecified atom stereocenters. The van der Waals surface area contributed by atoms with Crippen molar-refractivity contribution in [2.45, 2.75) is 19.4 Å². The van der Waals surface area contributed by atoms with Crippen LogP contribution in [0.3, 0.4) is 0 Å². The Hall–Kier alpha value is -2.28.